The average molecular weight is 266 g/mol. The summed E-state index contributed by atoms with van der Waals surface area (Å²) in [5.41, 5.74) is 0. The molecular weight excluding hydrogens is 240 g/mol. The Morgan fingerprint density at radius 2 is 2.00 bits per heavy atom. The van der Waals surface area contributed by atoms with Crippen molar-refractivity contribution in [3.63, 3.8) is 0 Å². The first kappa shape index (κ1) is 14.5. The molecule has 4 unspecified atom stereocenters. The number of nitrogens with one attached hydrogen (secondary N) is 1. The summed E-state index contributed by atoms with van der Waals surface area (Å²) in [4.78, 5) is 4.37. The van der Waals surface area contributed by atoms with Gasteiger partial charge >= 0.3 is 0 Å². The molecule has 1 N–H and O–H groups in total. The summed E-state index contributed by atoms with van der Waals surface area (Å²) in [6, 6.07) is 0. The number of ether oxygens (including phenoxy) is 1. The van der Waals surface area contributed by atoms with E-state index in [0.717, 1.165) is 18.2 Å². The first-order chi connectivity index (χ1) is 8.99. The molecule has 0 aliphatic carbocycles. The summed E-state index contributed by atoms with van der Waals surface area (Å²) in [6.07, 6.45) is 2.35. The molecule has 108 valence electrons. The minimum absolute atomic E-state index is 0.203. The van der Waals surface area contributed by atoms with Gasteiger partial charge in [-0.25, -0.2) is 4.98 Å². The summed E-state index contributed by atoms with van der Waals surface area (Å²) in [5, 5.41) is 3.35. The van der Waals surface area contributed by atoms with Crippen LogP contribution in [0.4, 0.5) is 0 Å². The van der Waals surface area contributed by atoms with Crippen LogP contribution in [-0.2, 0) is 11.3 Å². The Morgan fingerprint density at radius 1 is 1.26 bits per heavy atom. The molecule has 1 fully saturated rings. The van der Waals surface area contributed by atoms with Crippen LogP contribution in [0.5, 0.6) is 0 Å². The third-order valence-electron chi connectivity index (χ3n) is 3.97. The van der Waals surface area contributed by atoms with Crippen LogP contribution in [-0.4, -0.2) is 23.7 Å². The third kappa shape index (κ3) is 3.37. The normalized spacial score (nSPS) is 31.3. The van der Waals surface area contributed by atoms with E-state index in [9.17, 15) is 0 Å². The van der Waals surface area contributed by atoms with Gasteiger partial charge in [-0.05, 0) is 32.2 Å². The van der Waals surface area contributed by atoms with Crippen molar-refractivity contribution in [1.82, 2.24) is 10.3 Å². The van der Waals surface area contributed by atoms with E-state index in [1.807, 2.05) is 6.20 Å². The van der Waals surface area contributed by atoms with Crippen LogP contribution in [0.25, 0.3) is 0 Å². The maximum atomic E-state index is 5.88. The number of oxazole rings is 1. The molecule has 0 radical (unpaired) electrons. The van der Waals surface area contributed by atoms with Crippen molar-refractivity contribution < 1.29 is 9.15 Å². The molecule has 0 saturated carbocycles. The van der Waals surface area contributed by atoms with Gasteiger partial charge in [0, 0.05) is 5.92 Å². The molecule has 4 nitrogen and oxygen atoms in total. The first-order valence-corrected chi connectivity index (χ1v) is 7.29. The SMILES string of the molecule is CC(C)CNCc1ncc(C2C(C)OC(C)C2C)o1. The molecule has 1 aliphatic heterocycles. The topological polar surface area (TPSA) is 47.3 Å². The van der Waals surface area contributed by atoms with Gasteiger partial charge in [-0.2, -0.15) is 0 Å². The van der Waals surface area contributed by atoms with Crippen LogP contribution in [0.15, 0.2) is 10.6 Å². The number of rotatable bonds is 5. The van der Waals surface area contributed by atoms with Crippen molar-refractivity contribution >= 4 is 0 Å². The van der Waals surface area contributed by atoms with Crippen LogP contribution < -0.4 is 5.32 Å². The molecular formula is C15H26N2O2. The van der Waals surface area contributed by atoms with Gasteiger partial charge in [0.05, 0.1) is 24.9 Å². The average Bonchev–Trinajstić information content (AvgIpc) is 2.85. The third-order valence-corrected chi connectivity index (χ3v) is 3.97. The largest absolute Gasteiger partial charge is 0.444 e. The van der Waals surface area contributed by atoms with E-state index in [1.54, 1.807) is 0 Å². The van der Waals surface area contributed by atoms with Gasteiger partial charge in [0.1, 0.15) is 5.76 Å². The van der Waals surface area contributed by atoms with E-state index in [0.29, 0.717) is 24.3 Å². The van der Waals surface area contributed by atoms with Gasteiger partial charge in [-0.3, -0.25) is 0 Å². The fourth-order valence-corrected chi connectivity index (χ4v) is 2.79. The van der Waals surface area contributed by atoms with Gasteiger partial charge in [-0.15, -0.1) is 0 Å². The van der Waals surface area contributed by atoms with Crippen molar-refractivity contribution in [3.8, 4) is 0 Å². The molecule has 0 spiro atoms. The zero-order valence-corrected chi connectivity index (χ0v) is 12.6. The molecule has 2 rings (SSSR count). The number of hydrogen-bond acceptors (Lipinski definition) is 4. The molecule has 1 saturated heterocycles. The maximum absolute atomic E-state index is 5.88. The Hall–Kier alpha value is -0.870. The lowest BCUT2D eigenvalue weighted by Gasteiger charge is -2.14. The summed E-state index contributed by atoms with van der Waals surface area (Å²) in [7, 11) is 0. The van der Waals surface area contributed by atoms with Gasteiger partial charge in [0.25, 0.3) is 0 Å². The van der Waals surface area contributed by atoms with Crippen molar-refractivity contribution in [2.75, 3.05) is 6.54 Å². The van der Waals surface area contributed by atoms with E-state index in [1.165, 1.54) is 0 Å². The Bertz CT molecular complexity index is 403. The number of aromatic nitrogens is 1. The van der Waals surface area contributed by atoms with Crippen LogP contribution >= 0.6 is 0 Å². The second-order valence-electron chi connectivity index (χ2n) is 6.11. The fraction of sp³-hybridized carbons (Fsp3) is 0.800. The van der Waals surface area contributed by atoms with Crippen LogP contribution in [0.3, 0.4) is 0 Å². The maximum Gasteiger partial charge on any atom is 0.208 e. The quantitative estimate of drug-likeness (QED) is 0.890. The zero-order chi connectivity index (χ0) is 14.0. The molecule has 1 aromatic rings. The zero-order valence-electron chi connectivity index (χ0n) is 12.6. The minimum Gasteiger partial charge on any atom is -0.444 e. The molecule has 4 heteroatoms. The highest BCUT2D eigenvalue weighted by Crippen LogP contribution is 2.39. The standard InChI is InChI=1S/C15H26N2O2/c1-9(2)6-16-8-14-17-7-13(19-14)15-10(3)11(4)18-12(15)5/h7,9-12,15-16H,6,8H2,1-5H3. The summed E-state index contributed by atoms with van der Waals surface area (Å²) < 4.78 is 11.7. The summed E-state index contributed by atoms with van der Waals surface area (Å²) >= 11 is 0. The molecule has 19 heavy (non-hydrogen) atoms. The Kier molecular flexibility index (Phi) is 4.63. The van der Waals surface area contributed by atoms with Crippen molar-refractivity contribution in [2.24, 2.45) is 11.8 Å². The Labute approximate surface area is 115 Å². The van der Waals surface area contributed by atoms with Crippen LogP contribution in [0.1, 0.15) is 52.2 Å². The van der Waals surface area contributed by atoms with Gasteiger partial charge in [-0.1, -0.05) is 20.8 Å². The molecule has 4 atom stereocenters. The van der Waals surface area contributed by atoms with Gasteiger partial charge < -0.3 is 14.5 Å². The highest BCUT2D eigenvalue weighted by atomic mass is 16.5. The lowest BCUT2D eigenvalue weighted by Crippen LogP contribution is -2.19. The highest BCUT2D eigenvalue weighted by molar-refractivity contribution is 5.09. The predicted octanol–water partition coefficient (Wildman–Crippen LogP) is 2.95. The smallest absolute Gasteiger partial charge is 0.208 e. The minimum atomic E-state index is 0.203. The fourth-order valence-electron chi connectivity index (χ4n) is 2.79. The second-order valence-corrected chi connectivity index (χ2v) is 6.11. The molecule has 1 aliphatic rings. The van der Waals surface area contributed by atoms with Gasteiger partial charge in [0.15, 0.2) is 0 Å². The van der Waals surface area contributed by atoms with E-state index in [-0.39, 0.29) is 12.2 Å². The first-order valence-electron chi connectivity index (χ1n) is 7.29. The van der Waals surface area contributed by atoms with E-state index in [4.69, 9.17) is 9.15 Å². The monoisotopic (exact) mass is 266 g/mol. The van der Waals surface area contributed by atoms with Gasteiger partial charge in [0.2, 0.25) is 5.89 Å². The molecule has 0 bridgehead atoms. The Balaban J connectivity index is 1.97. The Morgan fingerprint density at radius 3 is 2.58 bits per heavy atom. The molecule has 1 aromatic heterocycles. The van der Waals surface area contributed by atoms with E-state index >= 15 is 0 Å². The number of nitrogens with zero attached hydrogens (tertiary/aromatic N) is 1. The lowest BCUT2D eigenvalue weighted by atomic mass is 9.88. The van der Waals surface area contributed by atoms with E-state index < -0.39 is 0 Å². The highest BCUT2D eigenvalue weighted by Gasteiger charge is 2.40. The summed E-state index contributed by atoms with van der Waals surface area (Å²) in [6.45, 7) is 12.5. The van der Waals surface area contributed by atoms with Crippen molar-refractivity contribution in [1.29, 1.82) is 0 Å². The summed E-state index contributed by atoms with van der Waals surface area (Å²) in [5.74, 6) is 3.17. The molecule has 0 amide bonds. The second kappa shape index (κ2) is 6.06. The lowest BCUT2D eigenvalue weighted by molar-refractivity contribution is 0.0547. The van der Waals surface area contributed by atoms with Crippen LogP contribution in [0, 0.1) is 11.8 Å². The predicted molar refractivity (Wildman–Crippen MR) is 75.0 cm³/mol. The number of hydrogen-bond donors (Lipinski definition) is 1. The van der Waals surface area contributed by atoms with Crippen LogP contribution in [0.2, 0.25) is 0 Å². The van der Waals surface area contributed by atoms with Crippen molar-refractivity contribution in [2.45, 2.75) is 59.3 Å². The van der Waals surface area contributed by atoms with E-state index in [2.05, 4.69) is 44.9 Å². The molecule has 0 aromatic carbocycles. The molecule has 2 heterocycles. The van der Waals surface area contributed by atoms with Crippen molar-refractivity contribution in [3.05, 3.63) is 17.8 Å².